The Morgan fingerprint density at radius 3 is 2.08 bits per heavy atom. The van der Waals surface area contributed by atoms with Crippen molar-refractivity contribution in [3.8, 4) is 0 Å². The highest BCUT2D eigenvalue weighted by Gasteiger charge is 2.45. The molecule has 0 spiro atoms. The lowest BCUT2D eigenvalue weighted by Crippen LogP contribution is -2.40. The second kappa shape index (κ2) is 5.72. The summed E-state index contributed by atoms with van der Waals surface area (Å²) >= 11 is 0. The van der Waals surface area contributed by atoms with Gasteiger partial charge in [-0.2, -0.15) is 0 Å². The summed E-state index contributed by atoms with van der Waals surface area (Å²) in [6, 6.07) is 18.3. The van der Waals surface area contributed by atoms with Crippen molar-refractivity contribution in [3.63, 3.8) is 0 Å². The molecule has 0 bridgehead atoms. The Morgan fingerprint density at radius 1 is 0.917 bits per heavy atom. The zero-order valence-corrected chi connectivity index (χ0v) is 14.3. The molecular formula is C22H25NO. The van der Waals surface area contributed by atoms with Gasteiger partial charge in [0, 0.05) is 19.0 Å². The second-order valence-corrected chi connectivity index (χ2v) is 7.75. The molecule has 5 rings (SSSR count). The molecule has 0 amide bonds. The first-order chi connectivity index (χ1) is 11.8. The number of fused-ring (bicyclic) bond motifs is 5. The number of rotatable bonds is 2. The van der Waals surface area contributed by atoms with Gasteiger partial charge in [-0.15, -0.1) is 0 Å². The van der Waals surface area contributed by atoms with E-state index in [1.807, 2.05) is 0 Å². The fraction of sp³-hybridized carbons (Fsp3) is 0.455. The fourth-order valence-corrected chi connectivity index (χ4v) is 4.91. The minimum absolute atomic E-state index is 0.337. The zero-order valence-electron chi connectivity index (χ0n) is 14.3. The van der Waals surface area contributed by atoms with Gasteiger partial charge in [0.15, 0.2) is 0 Å². The van der Waals surface area contributed by atoms with Crippen LogP contribution in [0.2, 0.25) is 0 Å². The van der Waals surface area contributed by atoms with Crippen molar-refractivity contribution in [2.24, 2.45) is 0 Å². The van der Waals surface area contributed by atoms with Crippen LogP contribution in [0.5, 0.6) is 0 Å². The highest BCUT2D eigenvalue weighted by atomic mass is 16.5. The summed E-state index contributed by atoms with van der Waals surface area (Å²) in [5, 5.41) is 0. The summed E-state index contributed by atoms with van der Waals surface area (Å²) in [6.45, 7) is 2.97. The van der Waals surface area contributed by atoms with Crippen molar-refractivity contribution in [3.05, 3.63) is 70.8 Å². The van der Waals surface area contributed by atoms with Crippen LogP contribution in [0.1, 0.15) is 52.8 Å². The predicted octanol–water partition coefficient (Wildman–Crippen LogP) is 4.12. The van der Waals surface area contributed by atoms with E-state index in [1.54, 1.807) is 22.3 Å². The van der Waals surface area contributed by atoms with Gasteiger partial charge in [0.05, 0.1) is 12.7 Å². The molecule has 0 aromatic heterocycles. The maximum atomic E-state index is 6.12. The summed E-state index contributed by atoms with van der Waals surface area (Å²) in [7, 11) is 2.21. The van der Waals surface area contributed by atoms with Crippen molar-refractivity contribution in [1.29, 1.82) is 0 Å². The van der Waals surface area contributed by atoms with Gasteiger partial charge in [-0.1, -0.05) is 48.5 Å². The molecule has 1 saturated carbocycles. The molecule has 0 N–H and O–H groups in total. The highest BCUT2D eigenvalue weighted by Crippen LogP contribution is 2.60. The topological polar surface area (TPSA) is 12.5 Å². The van der Waals surface area contributed by atoms with E-state index in [1.165, 1.54) is 6.42 Å². The Balaban J connectivity index is 1.57. The molecule has 3 atom stereocenters. The summed E-state index contributed by atoms with van der Waals surface area (Å²) in [4.78, 5) is 2.40. The van der Waals surface area contributed by atoms with Crippen LogP contribution in [0, 0.1) is 0 Å². The SMILES string of the molecule is CN1CCOC(CC2c3ccccc3C3CC3c3ccccc32)C1. The van der Waals surface area contributed by atoms with Gasteiger partial charge in [-0.05, 0) is 54.0 Å². The lowest BCUT2D eigenvalue weighted by atomic mass is 9.82. The number of likely N-dealkylation sites (N-methyl/N-ethyl adjacent to an activating group) is 1. The molecule has 24 heavy (non-hydrogen) atoms. The minimum atomic E-state index is 0.337. The average Bonchev–Trinajstić information content (AvgIpc) is 3.40. The van der Waals surface area contributed by atoms with E-state index in [2.05, 4.69) is 60.5 Å². The largest absolute Gasteiger partial charge is 0.376 e. The van der Waals surface area contributed by atoms with E-state index >= 15 is 0 Å². The van der Waals surface area contributed by atoms with Gasteiger partial charge in [-0.25, -0.2) is 0 Å². The summed E-state index contributed by atoms with van der Waals surface area (Å²) in [6.07, 6.45) is 2.76. The van der Waals surface area contributed by atoms with E-state index in [0.717, 1.165) is 38.0 Å². The Bertz CT molecular complexity index is 704. The molecule has 1 saturated heterocycles. The van der Waals surface area contributed by atoms with Crippen LogP contribution in [0.15, 0.2) is 48.5 Å². The molecule has 2 aromatic carbocycles. The molecular weight excluding hydrogens is 294 g/mol. The number of morpholine rings is 1. The van der Waals surface area contributed by atoms with Crippen molar-refractivity contribution < 1.29 is 4.74 Å². The zero-order chi connectivity index (χ0) is 16.1. The van der Waals surface area contributed by atoms with Crippen molar-refractivity contribution in [2.75, 3.05) is 26.7 Å². The van der Waals surface area contributed by atoms with E-state index in [9.17, 15) is 0 Å². The number of hydrogen-bond acceptors (Lipinski definition) is 2. The predicted molar refractivity (Wildman–Crippen MR) is 96.7 cm³/mol. The van der Waals surface area contributed by atoms with E-state index in [-0.39, 0.29) is 0 Å². The van der Waals surface area contributed by atoms with Crippen LogP contribution >= 0.6 is 0 Å². The van der Waals surface area contributed by atoms with Crippen LogP contribution in [-0.2, 0) is 4.74 Å². The maximum Gasteiger partial charge on any atom is 0.0711 e. The lowest BCUT2D eigenvalue weighted by molar-refractivity contribution is -0.0250. The van der Waals surface area contributed by atoms with Crippen molar-refractivity contribution >= 4 is 0 Å². The van der Waals surface area contributed by atoms with Gasteiger partial charge >= 0.3 is 0 Å². The van der Waals surface area contributed by atoms with Crippen LogP contribution in [-0.4, -0.2) is 37.7 Å². The van der Waals surface area contributed by atoms with Crippen LogP contribution in [0.3, 0.4) is 0 Å². The molecule has 2 heteroatoms. The van der Waals surface area contributed by atoms with Gasteiger partial charge in [0.1, 0.15) is 0 Å². The molecule has 3 aliphatic rings. The molecule has 0 radical (unpaired) electrons. The number of benzene rings is 2. The molecule has 2 aromatic rings. The van der Waals surface area contributed by atoms with E-state index in [0.29, 0.717) is 12.0 Å². The van der Waals surface area contributed by atoms with E-state index in [4.69, 9.17) is 4.74 Å². The Labute approximate surface area is 144 Å². The fourth-order valence-electron chi connectivity index (χ4n) is 4.91. The molecule has 3 unspecified atom stereocenters. The Kier molecular flexibility index (Phi) is 3.50. The summed E-state index contributed by atoms with van der Waals surface area (Å²) in [5.74, 6) is 1.95. The first-order valence-electron chi connectivity index (χ1n) is 9.29. The van der Waals surface area contributed by atoms with Gasteiger partial charge in [0.25, 0.3) is 0 Å². The van der Waals surface area contributed by atoms with Crippen LogP contribution in [0.25, 0.3) is 0 Å². The van der Waals surface area contributed by atoms with Crippen molar-refractivity contribution in [1.82, 2.24) is 4.90 Å². The Hall–Kier alpha value is -1.64. The number of nitrogens with zero attached hydrogens (tertiary/aromatic N) is 1. The smallest absolute Gasteiger partial charge is 0.0711 e. The maximum absolute atomic E-state index is 6.12. The third-order valence-corrected chi connectivity index (χ3v) is 6.17. The third kappa shape index (κ3) is 2.40. The van der Waals surface area contributed by atoms with Gasteiger partial charge in [-0.3, -0.25) is 0 Å². The number of hydrogen-bond donors (Lipinski definition) is 0. The van der Waals surface area contributed by atoms with Crippen LogP contribution < -0.4 is 0 Å². The Morgan fingerprint density at radius 2 is 1.50 bits per heavy atom. The van der Waals surface area contributed by atoms with E-state index < -0.39 is 0 Å². The normalized spacial score (nSPS) is 31.5. The van der Waals surface area contributed by atoms with Gasteiger partial charge in [0.2, 0.25) is 0 Å². The van der Waals surface area contributed by atoms with Crippen LogP contribution in [0.4, 0.5) is 0 Å². The second-order valence-electron chi connectivity index (χ2n) is 7.75. The standard InChI is InChI=1S/C22H25NO/c1-23-10-11-24-15(14-23)12-20-16-6-2-4-8-18(16)21-13-22(21)19-9-5-3-7-17(19)20/h2-9,15,20-22H,10-14H2,1H3. The molecule has 2 fully saturated rings. The third-order valence-electron chi connectivity index (χ3n) is 6.17. The monoisotopic (exact) mass is 319 g/mol. The molecule has 124 valence electrons. The molecule has 1 heterocycles. The summed E-state index contributed by atoms with van der Waals surface area (Å²) in [5.41, 5.74) is 6.28. The summed E-state index contributed by atoms with van der Waals surface area (Å²) < 4.78 is 6.12. The minimum Gasteiger partial charge on any atom is -0.376 e. The first kappa shape index (κ1) is 14.7. The quantitative estimate of drug-likeness (QED) is 0.825. The van der Waals surface area contributed by atoms with Gasteiger partial charge < -0.3 is 9.64 Å². The lowest BCUT2D eigenvalue weighted by Gasteiger charge is -2.33. The molecule has 1 aliphatic heterocycles. The molecule has 2 nitrogen and oxygen atoms in total. The first-order valence-corrected chi connectivity index (χ1v) is 9.29. The average molecular weight is 319 g/mol. The highest BCUT2D eigenvalue weighted by molar-refractivity contribution is 5.53. The van der Waals surface area contributed by atoms with Crippen molar-refractivity contribution in [2.45, 2.75) is 36.7 Å². The number of ether oxygens (including phenoxy) is 1. The molecule has 2 aliphatic carbocycles.